The number of carbonyl (C=O) groups is 3. The molecule has 43 heavy (non-hydrogen) atoms. The molecule has 3 aliphatic carbocycles. The highest BCUT2D eigenvalue weighted by atomic mass is 19.2. The topological polar surface area (TPSA) is 161 Å². The number of hydrogen-bond donors (Lipinski definition) is 5. The van der Waals surface area contributed by atoms with E-state index in [-0.39, 0.29) is 36.0 Å². The highest BCUT2D eigenvalue weighted by Gasteiger charge is 2.63. The summed E-state index contributed by atoms with van der Waals surface area (Å²) in [6.07, 6.45) is -1.29. The summed E-state index contributed by atoms with van der Waals surface area (Å²) in [6, 6.07) is 1.19. The van der Waals surface area contributed by atoms with Crippen LogP contribution in [0.4, 0.5) is 22.0 Å². The van der Waals surface area contributed by atoms with Gasteiger partial charge in [-0.1, -0.05) is 6.07 Å². The number of aliphatic hydroxyl groups is 3. The van der Waals surface area contributed by atoms with Crippen molar-refractivity contribution in [2.24, 2.45) is 17.6 Å². The number of Topliss-reactive ketones (excluding diaryl/α,β-unsaturated/α-hetero) is 2. The van der Waals surface area contributed by atoms with Gasteiger partial charge < -0.3 is 26.2 Å². The first-order valence-electron chi connectivity index (χ1n) is 13.0. The van der Waals surface area contributed by atoms with Crippen molar-refractivity contribution in [1.29, 1.82) is 0 Å². The van der Waals surface area contributed by atoms with Crippen LogP contribution in [-0.2, 0) is 28.9 Å². The molecule has 0 radical (unpaired) electrons. The van der Waals surface area contributed by atoms with Crippen LogP contribution in [0.25, 0.3) is 0 Å². The van der Waals surface area contributed by atoms with Gasteiger partial charge >= 0.3 is 0 Å². The third-order valence-corrected chi connectivity index (χ3v) is 8.65. The number of hydrogen-bond acceptors (Lipinski definition) is 8. The molecule has 0 aromatic heterocycles. The Kier molecular flexibility index (Phi) is 7.13. The van der Waals surface area contributed by atoms with Crippen molar-refractivity contribution in [2.75, 3.05) is 14.1 Å². The molecular formula is C29H25F5N2O7. The van der Waals surface area contributed by atoms with Crippen LogP contribution < -0.4 is 5.73 Å². The molecular weight excluding hydrogens is 583 g/mol. The normalized spacial score (nSPS) is 25.2. The van der Waals surface area contributed by atoms with E-state index in [1.165, 1.54) is 25.1 Å². The van der Waals surface area contributed by atoms with Gasteiger partial charge in [-0.15, -0.1) is 0 Å². The first kappa shape index (κ1) is 30.2. The lowest BCUT2D eigenvalue weighted by Gasteiger charge is -2.50. The van der Waals surface area contributed by atoms with Gasteiger partial charge in [-0.25, -0.2) is 22.0 Å². The number of ketones is 2. The van der Waals surface area contributed by atoms with Crippen molar-refractivity contribution in [3.05, 3.63) is 86.1 Å². The summed E-state index contributed by atoms with van der Waals surface area (Å²) in [5.74, 6) is -18.8. The minimum atomic E-state index is -2.83. The van der Waals surface area contributed by atoms with Crippen LogP contribution >= 0.6 is 0 Å². The van der Waals surface area contributed by atoms with Crippen molar-refractivity contribution in [1.82, 2.24) is 4.90 Å². The summed E-state index contributed by atoms with van der Waals surface area (Å²) in [7, 11) is 2.95. The van der Waals surface area contributed by atoms with Crippen molar-refractivity contribution in [3.63, 3.8) is 0 Å². The predicted molar refractivity (Wildman–Crippen MR) is 137 cm³/mol. The second-order valence-corrected chi connectivity index (χ2v) is 11.1. The number of aliphatic hydroxyl groups excluding tert-OH is 2. The second kappa shape index (κ2) is 10.2. The summed E-state index contributed by atoms with van der Waals surface area (Å²) in [4.78, 5) is 40.5. The molecule has 0 heterocycles. The van der Waals surface area contributed by atoms with Crippen LogP contribution in [0.2, 0.25) is 0 Å². The Balaban J connectivity index is 1.61. The Morgan fingerprint density at radius 1 is 0.977 bits per heavy atom. The van der Waals surface area contributed by atoms with E-state index in [4.69, 9.17) is 5.73 Å². The maximum absolute atomic E-state index is 14.3. The van der Waals surface area contributed by atoms with Crippen LogP contribution in [-0.4, -0.2) is 68.5 Å². The van der Waals surface area contributed by atoms with E-state index in [9.17, 15) is 56.8 Å². The summed E-state index contributed by atoms with van der Waals surface area (Å²) in [6.45, 7) is 0. The molecule has 228 valence electrons. The van der Waals surface area contributed by atoms with Crippen molar-refractivity contribution in [2.45, 2.75) is 37.3 Å². The minimum absolute atomic E-state index is 0.116. The molecule has 0 saturated heterocycles. The first-order valence-corrected chi connectivity index (χ1v) is 13.0. The van der Waals surface area contributed by atoms with Gasteiger partial charge in [0.25, 0.3) is 5.91 Å². The number of likely N-dealkylation sites (N-methyl/N-ethyl adjacent to an activating group) is 1. The quantitative estimate of drug-likeness (QED) is 0.150. The Hall–Kier alpha value is -4.30. The van der Waals surface area contributed by atoms with Crippen LogP contribution in [0, 0.1) is 40.9 Å². The van der Waals surface area contributed by atoms with E-state index in [0.717, 1.165) is 6.07 Å². The van der Waals surface area contributed by atoms with Crippen molar-refractivity contribution >= 4 is 17.5 Å². The number of aromatic hydroxyl groups is 1. The maximum atomic E-state index is 14.3. The van der Waals surface area contributed by atoms with Crippen LogP contribution in [0.5, 0.6) is 5.75 Å². The number of primary amides is 1. The third-order valence-electron chi connectivity index (χ3n) is 8.65. The van der Waals surface area contributed by atoms with Gasteiger partial charge in [-0.05, 0) is 62.9 Å². The van der Waals surface area contributed by atoms with Gasteiger partial charge in [-0.2, -0.15) is 0 Å². The Bertz CT molecular complexity index is 1670. The molecule has 14 heteroatoms. The molecule has 1 amide bonds. The van der Waals surface area contributed by atoms with Gasteiger partial charge in [0, 0.05) is 17.1 Å². The maximum Gasteiger partial charge on any atom is 0.255 e. The smallest absolute Gasteiger partial charge is 0.255 e. The van der Waals surface area contributed by atoms with E-state index < -0.39 is 110 Å². The number of halogens is 5. The molecule has 0 fully saturated rings. The SMILES string of the molecule is CN(C)C1C(O)=C(C(N)=O)C(=O)C2(O)C(O)=C3C(=O)c4c(O)ccc(CCc5c(F)c(F)c(F)c(F)c5F)c4CC3CC12. The fourth-order valence-corrected chi connectivity index (χ4v) is 6.68. The Morgan fingerprint density at radius 3 is 2.12 bits per heavy atom. The summed E-state index contributed by atoms with van der Waals surface area (Å²) >= 11 is 0. The molecule has 0 spiro atoms. The molecule has 0 bridgehead atoms. The number of carbonyl (C=O) groups excluding carboxylic acids is 3. The first-order chi connectivity index (χ1) is 20.0. The van der Waals surface area contributed by atoms with E-state index in [1.807, 2.05) is 0 Å². The molecule has 0 saturated carbocycles. The monoisotopic (exact) mass is 608 g/mol. The molecule has 4 atom stereocenters. The van der Waals surface area contributed by atoms with Gasteiger partial charge in [-0.3, -0.25) is 19.3 Å². The zero-order valence-corrected chi connectivity index (χ0v) is 22.6. The minimum Gasteiger partial charge on any atom is -0.510 e. The highest BCUT2D eigenvalue weighted by molar-refractivity contribution is 6.24. The third kappa shape index (κ3) is 4.14. The molecule has 2 aromatic carbocycles. The molecule has 3 aliphatic rings. The van der Waals surface area contributed by atoms with E-state index in [0.29, 0.717) is 0 Å². The fraction of sp³-hybridized carbons (Fsp3) is 0.345. The van der Waals surface area contributed by atoms with Crippen LogP contribution in [0.1, 0.15) is 33.5 Å². The molecule has 2 aromatic rings. The Morgan fingerprint density at radius 2 is 1.56 bits per heavy atom. The standard InChI is InChI=1S/C29H25F5N2O7/c1-36(2)23-13-8-10-7-12-9(3-5-11-18(30)20(32)22(34)21(33)19(11)31)4-6-14(37)16(12)24(38)15(10)26(40)29(13,43)27(41)17(25(23)39)28(35)42/h4,6,10,13,23,37,39-40,43H,3,5,7-8H2,1-2H3,(H2,35,42). The van der Waals surface area contributed by atoms with Crippen molar-refractivity contribution < 1.29 is 56.8 Å². The lowest BCUT2D eigenvalue weighted by Crippen LogP contribution is -2.63. The summed E-state index contributed by atoms with van der Waals surface area (Å²) in [5, 5.41) is 44.3. The van der Waals surface area contributed by atoms with Crippen molar-refractivity contribution in [3.8, 4) is 5.75 Å². The number of nitrogens with zero attached hydrogens (tertiary/aromatic N) is 1. The number of nitrogens with two attached hydrogens (primary N) is 1. The number of benzene rings is 2. The van der Waals surface area contributed by atoms with Crippen LogP contribution in [0.3, 0.4) is 0 Å². The van der Waals surface area contributed by atoms with Gasteiger partial charge in [0.2, 0.25) is 11.6 Å². The summed E-state index contributed by atoms with van der Waals surface area (Å²) < 4.78 is 69.6. The van der Waals surface area contributed by atoms with E-state index >= 15 is 0 Å². The second-order valence-electron chi connectivity index (χ2n) is 11.1. The number of fused-ring (bicyclic) bond motifs is 3. The van der Waals surface area contributed by atoms with Gasteiger partial charge in [0.15, 0.2) is 34.7 Å². The summed E-state index contributed by atoms with van der Waals surface area (Å²) in [5.41, 5.74) is 0.0848. The lowest BCUT2D eigenvalue weighted by atomic mass is 9.58. The highest BCUT2D eigenvalue weighted by Crippen LogP contribution is 2.52. The number of phenolic OH excluding ortho intramolecular Hbond substituents is 1. The van der Waals surface area contributed by atoms with E-state index in [2.05, 4.69) is 0 Å². The van der Waals surface area contributed by atoms with Crippen LogP contribution in [0.15, 0.2) is 34.8 Å². The van der Waals surface area contributed by atoms with Gasteiger partial charge in [0.05, 0.1) is 11.6 Å². The zero-order chi connectivity index (χ0) is 31.9. The predicted octanol–water partition coefficient (Wildman–Crippen LogP) is 2.60. The van der Waals surface area contributed by atoms with Gasteiger partial charge in [0.1, 0.15) is 22.8 Å². The average molecular weight is 609 g/mol. The number of rotatable bonds is 5. The molecule has 0 aliphatic heterocycles. The Labute approximate surface area is 240 Å². The number of amides is 1. The number of aryl methyl sites for hydroxylation is 1. The fourth-order valence-electron chi connectivity index (χ4n) is 6.68. The molecule has 5 rings (SSSR count). The largest absolute Gasteiger partial charge is 0.510 e. The van der Waals surface area contributed by atoms with E-state index in [1.54, 1.807) is 0 Å². The average Bonchev–Trinajstić information content (AvgIpc) is 2.93. The molecule has 6 N–H and O–H groups in total. The molecule has 4 unspecified atom stereocenters. The lowest BCUT2D eigenvalue weighted by molar-refractivity contribution is -0.148. The molecule has 9 nitrogen and oxygen atoms in total. The number of phenols is 1. The zero-order valence-electron chi connectivity index (χ0n) is 22.6. The number of allylic oxidation sites excluding steroid dienone is 1.